The molecule has 8 heteroatoms. The zero-order valence-corrected chi connectivity index (χ0v) is 18.0. The first-order valence-electron chi connectivity index (χ1n) is 9.58. The average Bonchev–Trinajstić information content (AvgIpc) is 3.09. The highest BCUT2D eigenvalue weighted by atomic mass is 32.2. The number of likely N-dealkylation sites (tertiary alicyclic amines) is 1. The Kier molecular flexibility index (Phi) is 8.66. The van der Waals surface area contributed by atoms with Crippen LogP contribution >= 0.6 is 11.9 Å². The summed E-state index contributed by atoms with van der Waals surface area (Å²) in [5, 5.41) is 5.24. The maximum atomic E-state index is 6.03. The summed E-state index contributed by atoms with van der Waals surface area (Å²) >= 11 is 1.45. The minimum atomic E-state index is 0.0767. The van der Waals surface area contributed by atoms with E-state index in [1.165, 1.54) is 11.9 Å². The van der Waals surface area contributed by atoms with Gasteiger partial charge in [-0.2, -0.15) is 5.10 Å². The van der Waals surface area contributed by atoms with E-state index in [1.807, 2.05) is 44.3 Å². The Morgan fingerprint density at radius 2 is 2.25 bits per heavy atom. The lowest BCUT2D eigenvalue weighted by molar-refractivity contribution is 0.232. The molecule has 1 fully saturated rings. The quantitative estimate of drug-likeness (QED) is 0.202. The third kappa shape index (κ3) is 6.45. The first-order chi connectivity index (χ1) is 13.4. The van der Waals surface area contributed by atoms with E-state index in [1.54, 1.807) is 7.05 Å². The lowest BCUT2D eigenvalue weighted by Gasteiger charge is -2.19. The number of hydrogen-bond acceptors (Lipinski definition) is 7. The molecule has 1 saturated heterocycles. The molecule has 28 heavy (non-hydrogen) atoms. The molecule has 1 unspecified atom stereocenters. The third-order valence-corrected chi connectivity index (χ3v) is 5.05. The van der Waals surface area contributed by atoms with Gasteiger partial charge in [-0.15, -0.1) is 6.58 Å². The molecule has 0 spiro atoms. The first kappa shape index (κ1) is 22.1. The summed E-state index contributed by atoms with van der Waals surface area (Å²) in [6, 6.07) is 6.00. The van der Waals surface area contributed by atoms with Crippen LogP contribution in [0.4, 0.5) is 0 Å². The summed E-state index contributed by atoms with van der Waals surface area (Å²) in [4.78, 5) is 6.83. The molecular weight excluding hydrogens is 372 g/mol. The molecule has 0 saturated carbocycles. The molecule has 2 heterocycles. The second-order valence-corrected chi connectivity index (χ2v) is 7.79. The van der Waals surface area contributed by atoms with Crippen molar-refractivity contribution in [2.24, 2.45) is 16.8 Å². The van der Waals surface area contributed by atoms with E-state index in [0.29, 0.717) is 5.88 Å². The normalized spacial score (nSPS) is 18.9. The van der Waals surface area contributed by atoms with Gasteiger partial charge in [0.05, 0.1) is 11.8 Å². The van der Waals surface area contributed by atoms with E-state index in [-0.39, 0.29) is 18.1 Å². The van der Waals surface area contributed by atoms with Crippen molar-refractivity contribution in [3.8, 4) is 5.88 Å². The summed E-state index contributed by atoms with van der Waals surface area (Å²) in [6.45, 7) is 11.7. The van der Waals surface area contributed by atoms with Crippen LogP contribution < -0.4 is 20.6 Å². The van der Waals surface area contributed by atoms with Crippen LogP contribution in [0.3, 0.4) is 0 Å². The molecule has 2 atom stereocenters. The van der Waals surface area contributed by atoms with Gasteiger partial charge in [-0.1, -0.05) is 19.1 Å². The molecule has 2 rings (SSSR count). The summed E-state index contributed by atoms with van der Waals surface area (Å²) in [5.74, 6) is 0.741. The second kappa shape index (κ2) is 11.0. The van der Waals surface area contributed by atoms with Gasteiger partial charge in [0.15, 0.2) is 0 Å². The smallest absolute Gasteiger partial charge is 0.214 e. The molecule has 0 aliphatic carbocycles. The van der Waals surface area contributed by atoms with Crippen molar-refractivity contribution in [3.05, 3.63) is 42.7 Å². The molecule has 0 bridgehead atoms. The summed E-state index contributed by atoms with van der Waals surface area (Å²) in [5.41, 5.74) is 10.8. The van der Waals surface area contributed by atoms with Crippen molar-refractivity contribution in [1.82, 2.24) is 20.0 Å². The molecule has 154 valence electrons. The van der Waals surface area contributed by atoms with Gasteiger partial charge in [-0.05, 0) is 26.3 Å². The lowest BCUT2D eigenvalue weighted by Crippen LogP contribution is -2.32. The fraction of sp³-hybridized carbons (Fsp3) is 0.500. The van der Waals surface area contributed by atoms with Gasteiger partial charge < -0.3 is 25.5 Å². The van der Waals surface area contributed by atoms with Crippen molar-refractivity contribution in [3.63, 3.8) is 0 Å². The van der Waals surface area contributed by atoms with Gasteiger partial charge in [0.2, 0.25) is 11.0 Å². The number of rotatable bonds is 8. The van der Waals surface area contributed by atoms with Gasteiger partial charge in [-0.25, -0.2) is 4.98 Å². The van der Waals surface area contributed by atoms with E-state index in [9.17, 15) is 0 Å². The number of nitrogens with one attached hydrogen (secondary N) is 2. The Morgan fingerprint density at radius 3 is 2.86 bits per heavy atom. The number of ether oxygens (including phenoxy) is 1. The number of pyridine rings is 1. The van der Waals surface area contributed by atoms with Gasteiger partial charge in [0, 0.05) is 61.9 Å². The Morgan fingerprint density at radius 1 is 1.46 bits per heavy atom. The van der Waals surface area contributed by atoms with Gasteiger partial charge in [0.25, 0.3) is 0 Å². The first-order valence-corrected chi connectivity index (χ1v) is 10.4. The highest BCUT2D eigenvalue weighted by molar-refractivity contribution is 8.12. The van der Waals surface area contributed by atoms with E-state index in [2.05, 4.69) is 38.6 Å². The Bertz CT molecular complexity index is 706. The van der Waals surface area contributed by atoms with Crippen LogP contribution in [0, 0.1) is 5.92 Å². The SMILES string of the molecule is C=CC(C)/C(=C\NS/C(=N\NC)N1CC[C@H](N)C1)c1cccc(OC(C)C)n1. The van der Waals surface area contributed by atoms with Crippen molar-refractivity contribution >= 4 is 22.7 Å². The predicted molar refractivity (Wildman–Crippen MR) is 119 cm³/mol. The van der Waals surface area contributed by atoms with Gasteiger partial charge in [-0.3, -0.25) is 0 Å². The Labute approximate surface area is 172 Å². The third-order valence-electron chi connectivity index (χ3n) is 4.29. The fourth-order valence-electron chi connectivity index (χ4n) is 2.81. The number of aromatic nitrogens is 1. The lowest BCUT2D eigenvalue weighted by atomic mass is 9.99. The van der Waals surface area contributed by atoms with E-state index >= 15 is 0 Å². The van der Waals surface area contributed by atoms with E-state index in [0.717, 1.165) is 35.9 Å². The number of nitrogens with zero attached hydrogens (tertiary/aromatic N) is 3. The number of nitrogens with two attached hydrogens (primary N) is 1. The maximum absolute atomic E-state index is 6.03. The van der Waals surface area contributed by atoms with Gasteiger partial charge >= 0.3 is 0 Å². The standard InChI is InChI=1S/C20H32N6OS/c1-6-15(4)17(18-8-7-9-19(24-18)27-14(2)3)12-23-28-20(25-22-5)26-11-10-16(21)13-26/h6-9,12,14-16,22-23H,1,10-11,13,21H2,2-5H3/b17-12+,25-20-/t15?,16-/m0/s1. The van der Waals surface area contributed by atoms with Crippen LogP contribution in [0.25, 0.3) is 5.57 Å². The van der Waals surface area contributed by atoms with Crippen LogP contribution in [0.2, 0.25) is 0 Å². The van der Waals surface area contributed by atoms with Crippen LogP contribution in [0.15, 0.2) is 42.2 Å². The van der Waals surface area contributed by atoms with Crippen LogP contribution in [0.5, 0.6) is 5.88 Å². The van der Waals surface area contributed by atoms with Crippen LogP contribution in [0.1, 0.15) is 32.9 Å². The highest BCUT2D eigenvalue weighted by Gasteiger charge is 2.23. The van der Waals surface area contributed by atoms with Crippen molar-refractivity contribution in [2.75, 3.05) is 20.1 Å². The van der Waals surface area contributed by atoms with E-state index in [4.69, 9.17) is 10.5 Å². The molecule has 1 aliphatic rings. The molecule has 1 aromatic rings. The minimum Gasteiger partial charge on any atom is -0.475 e. The average molecular weight is 405 g/mol. The molecule has 0 radical (unpaired) electrons. The molecular formula is C20H32N6OS. The fourth-order valence-corrected chi connectivity index (χ4v) is 3.53. The van der Waals surface area contributed by atoms with Gasteiger partial charge in [0.1, 0.15) is 0 Å². The molecule has 7 nitrogen and oxygen atoms in total. The molecule has 1 aromatic heterocycles. The largest absolute Gasteiger partial charge is 0.475 e. The zero-order chi connectivity index (χ0) is 20.5. The predicted octanol–water partition coefficient (Wildman–Crippen LogP) is 2.79. The maximum Gasteiger partial charge on any atom is 0.214 e. The Hall–Kier alpha value is -2.19. The number of amidine groups is 1. The Balaban J connectivity index is 2.15. The monoisotopic (exact) mass is 404 g/mol. The molecule has 4 N–H and O–H groups in total. The van der Waals surface area contributed by atoms with Crippen LogP contribution in [-0.4, -0.2) is 47.3 Å². The van der Waals surface area contributed by atoms with Crippen molar-refractivity contribution in [2.45, 2.75) is 39.3 Å². The molecule has 0 amide bonds. The summed E-state index contributed by atoms with van der Waals surface area (Å²) < 4.78 is 9.04. The van der Waals surface area contributed by atoms with Crippen molar-refractivity contribution in [1.29, 1.82) is 0 Å². The van der Waals surface area contributed by atoms with Crippen LogP contribution in [-0.2, 0) is 0 Å². The zero-order valence-electron chi connectivity index (χ0n) is 17.2. The highest BCUT2D eigenvalue weighted by Crippen LogP contribution is 2.25. The van der Waals surface area contributed by atoms with Crippen molar-refractivity contribution < 1.29 is 4.74 Å². The molecule has 0 aromatic carbocycles. The summed E-state index contributed by atoms with van der Waals surface area (Å²) in [6.07, 6.45) is 4.91. The number of allylic oxidation sites excluding steroid dienone is 2. The minimum absolute atomic E-state index is 0.0767. The second-order valence-electron chi connectivity index (χ2n) is 6.98. The molecule has 1 aliphatic heterocycles. The topological polar surface area (TPSA) is 87.8 Å². The van der Waals surface area contributed by atoms with E-state index < -0.39 is 0 Å². The number of hydrazone groups is 1. The number of hydrogen-bond donors (Lipinski definition) is 3. The summed E-state index contributed by atoms with van der Waals surface area (Å²) in [7, 11) is 1.79.